The summed E-state index contributed by atoms with van der Waals surface area (Å²) in [4.78, 5) is 0. The van der Waals surface area contributed by atoms with Gasteiger partial charge in [-0.25, -0.2) is 0 Å². The lowest BCUT2D eigenvalue weighted by atomic mass is 10.7. The van der Waals surface area contributed by atoms with E-state index in [9.17, 15) is 0 Å². The summed E-state index contributed by atoms with van der Waals surface area (Å²) in [5.41, 5.74) is 0. The Morgan fingerprint density at radius 2 is 2.00 bits per heavy atom. The van der Waals surface area contributed by atoms with Gasteiger partial charge in [-0.3, -0.25) is 0 Å². The largest absolute Gasteiger partial charge is 0.502 e. The average molecular weight is 220 g/mol. The maximum absolute atomic E-state index is 5.58. The fraction of sp³-hybridized carbons (Fsp3) is 0.600. The van der Waals surface area contributed by atoms with E-state index < -0.39 is 6.00 Å². The molecule has 0 rings (SSSR count). The molecule has 0 heterocycles. The monoisotopic (exact) mass is 218 g/mol. The fourth-order valence-electron chi connectivity index (χ4n) is 0.339. The quantitative estimate of drug-likeness (QED) is 0.305. The van der Waals surface area contributed by atoms with E-state index in [0.29, 0.717) is 12.7 Å². The number of rotatable bonds is 4. The normalized spacial score (nSPS) is 12.4. The molecule has 60 valence electrons. The summed E-state index contributed by atoms with van der Waals surface area (Å²) in [6.45, 7) is 2.36. The van der Waals surface area contributed by atoms with Crippen molar-refractivity contribution in [2.45, 2.75) is 13.0 Å². The van der Waals surface area contributed by atoms with Crippen molar-refractivity contribution in [2.75, 3.05) is 6.61 Å². The van der Waals surface area contributed by atoms with Gasteiger partial charge in [-0.05, 0) is 6.92 Å². The highest BCUT2D eigenvalue weighted by atomic mass is 35.8. The highest BCUT2D eigenvalue weighted by Crippen LogP contribution is 2.24. The van der Waals surface area contributed by atoms with E-state index in [-0.39, 0.29) is 0 Å². The molecule has 0 unspecified atom stereocenters. The predicted molar refractivity (Wildman–Crippen MR) is 48.9 cm³/mol. The lowest BCUT2D eigenvalue weighted by molar-refractivity contribution is 0.268. The van der Waals surface area contributed by atoms with E-state index in [2.05, 4.69) is 0 Å². The van der Waals surface area contributed by atoms with Crippen LogP contribution in [0.25, 0.3) is 0 Å². The summed E-state index contributed by atoms with van der Waals surface area (Å²) >= 11 is 16.7. The smallest absolute Gasteiger partial charge is 0.344 e. The van der Waals surface area contributed by atoms with Crippen molar-refractivity contribution < 1.29 is 4.74 Å². The highest BCUT2D eigenvalue weighted by Gasteiger charge is 2.24. The lowest BCUT2D eigenvalue weighted by Gasteiger charge is -2.05. The summed E-state index contributed by atoms with van der Waals surface area (Å²) in [7, 11) is 0. The van der Waals surface area contributed by atoms with Gasteiger partial charge in [-0.1, -0.05) is 6.08 Å². The molecule has 0 saturated carbocycles. The third-order valence-corrected chi connectivity index (χ3v) is 3.21. The minimum atomic E-state index is -2.45. The zero-order valence-electron chi connectivity index (χ0n) is 5.61. The molecule has 0 N–H and O–H groups in total. The summed E-state index contributed by atoms with van der Waals surface area (Å²) in [5, 5.41) is 0. The van der Waals surface area contributed by atoms with Crippen LogP contribution >= 0.6 is 33.2 Å². The second-order valence-electron chi connectivity index (χ2n) is 1.71. The van der Waals surface area contributed by atoms with Crippen molar-refractivity contribution in [3.63, 3.8) is 0 Å². The molecule has 10 heavy (non-hydrogen) atoms. The third kappa shape index (κ3) is 8.63. The Morgan fingerprint density at radius 3 is 2.40 bits per heavy atom. The number of ether oxygens (including phenoxy) is 1. The Hall–Kier alpha value is 0.627. The molecule has 0 aromatic rings. The zero-order valence-corrected chi connectivity index (χ0v) is 8.88. The van der Waals surface area contributed by atoms with Crippen molar-refractivity contribution in [3.8, 4) is 0 Å². The molecule has 0 bridgehead atoms. The van der Waals surface area contributed by atoms with E-state index >= 15 is 0 Å². The molecule has 0 aliphatic carbocycles. The minimum absolute atomic E-state index is 0.493. The molecule has 0 aromatic carbocycles. The predicted octanol–water partition coefficient (Wildman–Crippen LogP) is 3.19. The standard InChI is InChI=1S/C5H9Cl3OSi/c1-2-3-9-4-5-10(6,7)8/h2-3H,4-5H2,1H3. The summed E-state index contributed by atoms with van der Waals surface area (Å²) in [6.07, 6.45) is 3.38. The van der Waals surface area contributed by atoms with Crippen molar-refractivity contribution in [1.82, 2.24) is 0 Å². The maximum Gasteiger partial charge on any atom is 0.344 e. The molecule has 0 fully saturated rings. The number of hydrogen-bond donors (Lipinski definition) is 0. The topological polar surface area (TPSA) is 9.23 Å². The van der Waals surface area contributed by atoms with Gasteiger partial charge in [-0.2, -0.15) is 0 Å². The van der Waals surface area contributed by atoms with Crippen LogP contribution in [-0.4, -0.2) is 12.6 Å². The molecule has 5 heteroatoms. The van der Waals surface area contributed by atoms with Gasteiger partial charge in [-0.15, -0.1) is 33.2 Å². The molecule has 0 radical (unpaired) electrons. The average Bonchev–Trinajstić information content (AvgIpc) is 1.78. The number of halogens is 3. The molecule has 1 nitrogen and oxygen atoms in total. The molecule has 0 aliphatic heterocycles. The van der Waals surface area contributed by atoms with Crippen LogP contribution in [0.5, 0.6) is 0 Å². The van der Waals surface area contributed by atoms with Crippen LogP contribution in [0.15, 0.2) is 12.3 Å². The van der Waals surface area contributed by atoms with E-state index in [1.165, 1.54) is 0 Å². The van der Waals surface area contributed by atoms with Crippen LogP contribution in [0.3, 0.4) is 0 Å². The molecule has 0 amide bonds. The van der Waals surface area contributed by atoms with Crippen molar-refractivity contribution in [2.24, 2.45) is 0 Å². The maximum atomic E-state index is 5.58. The summed E-state index contributed by atoms with van der Waals surface area (Å²) in [5.74, 6) is 0. The van der Waals surface area contributed by atoms with Gasteiger partial charge in [0.15, 0.2) is 0 Å². The Balaban J connectivity index is 3.20. The molecule has 0 aromatic heterocycles. The Morgan fingerprint density at radius 1 is 1.40 bits per heavy atom. The van der Waals surface area contributed by atoms with Gasteiger partial charge in [0.25, 0.3) is 0 Å². The minimum Gasteiger partial charge on any atom is -0.502 e. The molecule has 0 atom stereocenters. The second kappa shape index (κ2) is 5.30. The first-order chi connectivity index (χ1) is 4.56. The molecular formula is C5H9Cl3OSi. The third-order valence-electron chi connectivity index (χ3n) is 0.736. The Kier molecular flexibility index (Phi) is 5.63. The molecule has 0 saturated heterocycles. The van der Waals surface area contributed by atoms with Crippen LogP contribution in [0, 0.1) is 0 Å². The van der Waals surface area contributed by atoms with Gasteiger partial charge >= 0.3 is 6.00 Å². The second-order valence-corrected chi connectivity index (χ2v) is 11.0. The molecule has 0 spiro atoms. The van der Waals surface area contributed by atoms with Gasteiger partial charge in [0.1, 0.15) is 0 Å². The van der Waals surface area contributed by atoms with Gasteiger partial charge in [0.05, 0.1) is 12.9 Å². The highest BCUT2D eigenvalue weighted by molar-refractivity contribution is 7.64. The molecule has 0 aliphatic rings. The van der Waals surface area contributed by atoms with Crippen molar-refractivity contribution in [3.05, 3.63) is 12.3 Å². The van der Waals surface area contributed by atoms with E-state index in [0.717, 1.165) is 0 Å². The van der Waals surface area contributed by atoms with Gasteiger partial charge in [0.2, 0.25) is 0 Å². The van der Waals surface area contributed by atoms with Gasteiger partial charge in [0, 0.05) is 6.04 Å². The number of allylic oxidation sites excluding steroid dienone is 1. The SMILES string of the molecule is CC=COCC[Si](Cl)(Cl)Cl. The lowest BCUT2D eigenvalue weighted by Crippen LogP contribution is -2.11. The van der Waals surface area contributed by atoms with Gasteiger partial charge < -0.3 is 4.74 Å². The van der Waals surface area contributed by atoms with Crippen molar-refractivity contribution in [1.29, 1.82) is 0 Å². The zero-order chi connectivity index (χ0) is 8.04. The Bertz CT molecular complexity index is 110. The van der Waals surface area contributed by atoms with Crippen molar-refractivity contribution >= 4 is 39.2 Å². The first-order valence-corrected chi connectivity index (χ1v) is 8.10. The summed E-state index contributed by atoms with van der Waals surface area (Å²) < 4.78 is 4.96. The van der Waals surface area contributed by atoms with Crippen LogP contribution in [-0.2, 0) is 4.74 Å². The van der Waals surface area contributed by atoms with E-state index in [1.807, 2.05) is 6.92 Å². The van der Waals surface area contributed by atoms with Crippen LogP contribution < -0.4 is 0 Å². The first-order valence-electron chi connectivity index (χ1n) is 2.86. The summed E-state index contributed by atoms with van der Waals surface area (Å²) in [6, 6.07) is -1.91. The van der Waals surface area contributed by atoms with Crippen LogP contribution in [0.1, 0.15) is 6.92 Å². The first kappa shape index (κ1) is 10.6. The van der Waals surface area contributed by atoms with Crippen LogP contribution in [0.2, 0.25) is 6.04 Å². The fourth-order valence-corrected chi connectivity index (χ4v) is 1.38. The Labute approximate surface area is 76.0 Å². The number of hydrogen-bond acceptors (Lipinski definition) is 1. The van der Waals surface area contributed by atoms with E-state index in [1.54, 1.807) is 12.3 Å². The molecular weight excluding hydrogens is 210 g/mol. The van der Waals surface area contributed by atoms with E-state index in [4.69, 9.17) is 38.0 Å². The van der Waals surface area contributed by atoms with Crippen LogP contribution in [0.4, 0.5) is 0 Å².